The Balaban J connectivity index is 2.21. The predicted molar refractivity (Wildman–Crippen MR) is 70.3 cm³/mol. The smallest absolute Gasteiger partial charge is 0.128 e. The summed E-state index contributed by atoms with van der Waals surface area (Å²) in [5.41, 5.74) is 0.752. The number of hydrogen-bond donors (Lipinski definition) is 1. The van der Waals surface area contributed by atoms with E-state index in [1.807, 2.05) is 6.07 Å². The van der Waals surface area contributed by atoms with Gasteiger partial charge in [0.1, 0.15) is 5.82 Å². The van der Waals surface area contributed by atoms with Crippen LogP contribution in [0.15, 0.2) is 12.3 Å². The molecule has 1 N–H and O–H groups in total. The average Bonchev–Trinajstić information content (AvgIpc) is 2.28. The number of hydrogen-bond acceptors (Lipinski definition) is 3. The molecule has 1 aliphatic rings. The predicted octanol–water partition coefficient (Wildman–Crippen LogP) is 2.71. The maximum absolute atomic E-state index is 9.21. The second-order valence-electron chi connectivity index (χ2n) is 5.14. The summed E-state index contributed by atoms with van der Waals surface area (Å²) < 4.78 is 0. The van der Waals surface area contributed by atoms with Crippen molar-refractivity contribution in [1.29, 1.82) is 0 Å². The second kappa shape index (κ2) is 5.23. The highest BCUT2D eigenvalue weighted by Crippen LogP contribution is 2.27. The third-order valence-corrected chi connectivity index (χ3v) is 3.62. The summed E-state index contributed by atoms with van der Waals surface area (Å²) in [6, 6.07) is 1.90. The number of halogens is 1. The summed E-state index contributed by atoms with van der Waals surface area (Å²) in [6.45, 7) is 6.57. The molecule has 4 heteroatoms. The zero-order valence-corrected chi connectivity index (χ0v) is 11.1. The van der Waals surface area contributed by atoms with Crippen LogP contribution in [0.5, 0.6) is 0 Å². The second-order valence-corrected chi connectivity index (χ2v) is 5.55. The van der Waals surface area contributed by atoms with Crippen LogP contribution in [0.25, 0.3) is 0 Å². The summed E-state index contributed by atoms with van der Waals surface area (Å²) in [7, 11) is 0. The van der Waals surface area contributed by atoms with E-state index >= 15 is 0 Å². The Morgan fingerprint density at radius 1 is 1.41 bits per heavy atom. The Hall–Kier alpha value is -0.800. The van der Waals surface area contributed by atoms with E-state index in [0.717, 1.165) is 24.5 Å². The first-order valence-electron chi connectivity index (χ1n) is 6.10. The monoisotopic (exact) mass is 254 g/mol. The molecule has 2 atom stereocenters. The Morgan fingerprint density at radius 3 is 2.65 bits per heavy atom. The number of rotatable bonds is 2. The van der Waals surface area contributed by atoms with Gasteiger partial charge in [-0.2, -0.15) is 0 Å². The molecule has 1 aromatic rings. The molecule has 0 amide bonds. The quantitative estimate of drug-likeness (QED) is 0.882. The summed E-state index contributed by atoms with van der Waals surface area (Å²) in [5, 5.41) is 9.75. The van der Waals surface area contributed by atoms with E-state index in [1.54, 1.807) is 6.20 Å². The van der Waals surface area contributed by atoms with E-state index in [2.05, 4.69) is 23.7 Å². The van der Waals surface area contributed by atoms with Crippen molar-refractivity contribution in [2.75, 3.05) is 18.0 Å². The average molecular weight is 255 g/mol. The zero-order valence-electron chi connectivity index (χ0n) is 10.4. The van der Waals surface area contributed by atoms with Crippen molar-refractivity contribution in [3.05, 3.63) is 22.8 Å². The molecule has 1 aliphatic heterocycles. The fourth-order valence-corrected chi connectivity index (χ4v) is 2.77. The molecular weight excluding hydrogens is 236 g/mol. The molecule has 17 heavy (non-hydrogen) atoms. The Kier molecular flexibility index (Phi) is 3.89. The number of piperidine rings is 1. The Morgan fingerprint density at radius 2 is 2.06 bits per heavy atom. The molecule has 2 rings (SSSR count). The van der Waals surface area contributed by atoms with Gasteiger partial charge in [0.2, 0.25) is 0 Å². The van der Waals surface area contributed by atoms with Crippen LogP contribution in [-0.4, -0.2) is 23.2 Å². The van der Waals surface area contributed by atoms with Crippen molar-refractivity contribution in [2.24, 2.45) is 11.8 Å². The number of pyridine rings is 1. The third kappa shape index (κ3) is 2.90. The highest BCUT2D eigenvalue weighted by atomic mass is 35.5. The van der Waals surface area contributed by atoms with E-state index in [-0.39, 0.29) is 6.61 Å². The van der Waals surface area contributed by atoms with E-state index in [0.29, 0.717) is 16.9 Å². The fraction of sp³-hybridized carbons (Fsp3) is 0.615. The lowest BCUT2D eigenvalue weighted by atomic mass is 9.92. The first-order chi connectivity index (χ1) is 8.10. The lowest BCUT2D eigenvalue weighted by Crippen LogP contribution is -2.39. The summed E-state index contributed by atoms with van der Waals surface area (Å²) in [5.74, 6) is 2.31. The molecule has 94 valence electrons. The van der Waals surface area contributed by atoms with Gasteiger partial charge in [0, 0.05) is 24.8 Å². The number of aliphatic hydroxyl groups excluding tert-OH is 1. The van der Waals surface area contributed by atoms with Crippen molar-refractivity contribution >= 4 is 17.4 Å². The van der Waals surface area contributed by atoms with Gasteiger partial charge < -0.3 is 10.0 Å². The van der Waals surface area contributed by atoms with Crippen LogP contribution in [-0.2, 0) is 6.61 Å². The number of aliphatic hydroxyl groups is 1. The lowest BCUT2D eigenvalue weighted by molar-refractivity contribution is 0.281. The first-order valence-corrected chi connectivity index (χ1v) is 6.48. The normalized spacial score (nSPS) is 25.1. The molecule has 2 unspecified atom stereocenters. The number of nitrogens with zero attached hydrogens (tertiary/aromatic N) is 2. The van der Waals surface area contributed by atoms with Gasteiger partial charge in [-0.25, -0.2) is 4.98 Å². The SMILES string of the molecule is CC1CC(C)CN(c2cc(CO)c(Cl)cn2)C1. The highest BCUT2D eigenvalue weighted by molar-refractivity contribution is 6.31. The van der Waals surface area contributed by atoms with Crippen molar-refractivity contribution in [1.82, 2.24) is 4.98 Å². The maximum atomic E-state index is 9.21. The van der Waals surface area contributed by atoms with Gasteiger partial charge in [0.05, 0.1) is 11.6 Å². The molecule has 0 bridgehead atoms. The van der Waals surface area contributed by atoms with E-state index in [1.165, 1.54) is 6.42 Å². The van der Waals surface area contributed by atoms with Crippen molar-refractivity contribution in [3.63, 3.8) is 0 Å². The van der Waals surface area contributed by atoms with Gasteiger partial charge >= 0.3 is 0 Å². The van der Waals surface area contributed by atoms with E-state index in [9.17, 15) is 5.11 Å². The number of aromatic nitrogens is 1. The minimum absolute atomic E-state index is 0.0344. The first kappa shape index (κ1) is 12.7. The van der Waals surface area contributed by atoms with Gasteiger partial charge in [-0.3, -0.25) is 0 Å². The molecule has 0 aromatic carbocycles. The largest absolute Gasteiger partial charge is 0.392 e. The Labute approximate surface area is 107 Å². The van der Waals surface area contributed by atoms with Gasteiger partial charge in [0.15, 0.2) is 0 Å². The van der Waals surface area contributed by atoms with Crippen molar-refractivity contribution in [3.8, 4) is 0 Å². The minimum atomic E-state index is -0.0344. The van der Waals surface area contributed by atoms with Crippen LogP contribution >= 0.6 is 11.6 Å². The van der Waals surface area contributed by atoms with Crippen LogP contribution in [0.1, 0.15) is 25.8 Å². The van der Waals surface area contributed by atoms with Gasteiger partial charge in [-0.15, -0.1) is 0 Å². The summed E-state index contributed by atoms with van der Waals surface area (Å²) in [6.07, 6.45) is 2.91. The van der Waals surface area contributed by atoms with Crippen LogP contribution in [0.3, 0.4) is 0 Å². The molecule has 3 nitrogen and oxygen atoms in total. The van der Waals surface area contributed by atoms with Crippen LogP contribution in [0.2, 0.25) is 5.02 Å². The van der Waals surface area contributed by atoms with Crippen molar-refractivity contribution < 1.29 is 5.11 Å². The molecule has 0 saturated carbocycles. The topological polar surface area (TPSA) is 36.4 Å². The van der Waals surface area contributed by atoms with Crippen LogP contribution in [0.4, 0.5) is 5.82 Å². The molecule has 0 radical (unpaired) electrons. The fourth-order valence-electron chi connectivity index (χ4n) is 2.61. The van der Waals surface area contributed by atoms with Crippen LogP contribution in [0, 0.1) is 11.8 Å². The number of anilines is 1. The molecular formula is C13H19ClN2O. The summed E-state index contributed by atoms with van der Waals surface area (Å²) >= 11 is 5.95. The minimum Gasteiger partial charge on any atom is -0.392 e. The standard InChI is InChI=1S/C13H19ClN2O/c1-9-3-10(2)7-16(6-9)13-4-11(8-17)12(14)5-15-13/h4-5,9-10,17H,3,6-8H2,1-2H3. The van der Waals surface area contributed by atoms with Gasteiger partial charge in [0.25, 0.3) is 0 Å². The molecule has 1 fully saturated rings. The van der Waals surface area contributed by atoms with Crippen molar-refractivity contribution in [2.45, 2.75) is 26.9 Å². The third-order valence-electron chi connectivity index (χ3n) is 3.28. The van der Waals surface area contributed by atoms with Crippen LogP contribution < -0.4 is 4.90 Å². The summed E-state index contributed by atoms with van der Waals surface area (Å²) in [4.78, 5) is 6.65. The molecule has 1 aromatic heterocycles. The van der Waals surface area contributed by atoms with E-state index < -0.39 is 0 Å². The molecule has 1 saturated heterocycles. The van der Waals surface area contributed by atoms with Gasteiger partial charge in [-0.05, 0) is 24.3 Å². The zero-order chi connectivity index (χ0) is 12.4. The Bertz CT molecular complexity index is 387. The van der Waals surface area contributed by atoms with E-state index in [4.69, 9.17) is 11.6 Å². The molecule has 0 aliphatic carbocycles. The molecule has 2 heterocycles. The lowest BCUT2D eigenvalue weighted by Gasteiger charge is -2.36. The molecule has 0 spiro atoms. The maximum Gasteiger partial charge on any atom is 0.128 e. The highest BCUT2D eigenvalue weighted by Gasteiger charge is 2.23. The van der Waals surface area contributed by atoms with Gasteiger partial charge in [-0.1, -0.05) is 25.4 Å².